The molecule has 0 spiro atoms. The number of aliphatic hydroxyl groups excluding tert-OH is 1. The van der Waals surface area contributed by atoms with Crippen molar-refractivity contribution in [2.24, 2.45) is 0 Å². The van der Waals surface area contributed by atoms with Gasteiger partial charge in [-0.15, -0.1) is 11.3 Å². The van der Waals surface area contributed by atoms with Crippen molar-refractivity contribution >= 4 is 29.0 Å². The summed E-state index contributed by atoms with van der Waals surface area (Å²) in [5.41, 5.74) is 0.904. The fraction of sp³-hybridized carbons (Fsp3) is 0.353. The van der Waals surface area contributed by atoms with E-state index in [0.29, 0.717) is 24.5 Å². The van der Waals surface area contributed by atoms with Crippen molar-refractivity contribution in [2.75, 3.05) is 18.0 Å². The Morgan fingerprint density at radius 1 is 1.44 bits per heavy atom. The van der Waals surface area contributed by atoms with E-state index in [1.165, 1.54) is 21.1 Å². The summed E-state index contributed by atoms with van der Waals surface area (Å²) in [5.74, 6) is 0. The van der Waals surface area contributed by atoms with Crippen LogP contribution in [-0.4, -0.2) is 52.7 Å². The number of rotatable bonds is 5. The van der Waals surface area contributed by atoms with Gasteiger partial charge in [-0.3, -0.25) is 9.69 Å². The fourth-order valence-electron chi connectivity index (χ4n) is 2.78. The van der Waals surface area contributed by atoms with Gasteiger partial charge in [-0.2, -0.15) is 0 Å². The zero-order valence-corrected chi connectivity index (χ0v) is 14.3. The molecule has 0 aliphatic carbocycles. The Balaban J connectivity index is 1.63. The molecule has 3 rings (SSSR count). The van der Waals surface area contributed by atoms with Crippen molar-refractivity contribution in [1.82, 2.24) is 9.88 Å². The highest BCUT2D eigenvalue weighted by atomic mass is 32.1. The molecule has 2 aromatic rings. The summed E-state index contributed by atoms with van der Waals surface area (Å²) in [5, 5.41) is 12.5. The number of hydrogen-bond donors (Lipinski definition) is 1. The van der Waals surface area contributed by atoms with Gasteiger partial charge in [-0.1, -0.05) is 30.3 Å². The number of piperidine rings is 1. The summed E-state index contributed by atoms with van der Waals surface area (Å²) in [6, 6.07) is 8.88. The van der Waals surface area contributed by atoms with Gasteiger partial charge in [0.15, 0.2) is 5.13 Å². The smallest absolute Gasteiger partial charge is 0.410 e. The quantitative estimate of drug-likeness (QED) is 0.822. The summed E-state index contributed by atoms with van der Waals surface area (Å²) < 4.78 is 5.34. The molecule has 132 valence electrons. The first-order valence-electron chi connectivity index (χ1n) is 7.96. The summed E-state index contributed by atoms with van der Waals surface area (Å²) in [7, 11) is 0. The van der Waals surface area contributed by atoms with E-state index >= 15 is 0 Å². The fourth-order valence-corrected chi connectivity index (χ4v) is 3.44. The van der Waals surface area contributed by atoms with Gasteiger partial charge >= 0.3 is 6.09 Å². The molecule has 2 heterocycles. The minimum atomic E-state index is -0.715. The molecule has 0 radical (unpaired) electrons. The molecule has 8 heteroatoms. The Bertz CT molecular complexity index is 695. The Labute approximate surface area is 149 Å². The number of amides is 2. The summed E-state index contributed by atoms with van der Waals surface area (Å²) in [6.07, 6.45) is 1.45. The normalized spacial score (nSPS) is 20.1. The van der Waals surface area contributed by atoms with Gasteiger partial charge in [0.25, 0.3) is 0 Å². The van der Waals surface area contributed by atoms with Crippen molar-refractivity contribution in [3.8, 4) is 0 Å². The molecule has 0 saturated carbocycles. The zero-order chi connectivity index (χ0) is 17.6. The Hall–Kier alpha value is -2.45. The highest BCUT2D eigenvalue weighted by Gasteiger charge is 2.36. The highest BCUT2D eigenvalue weighted by Crippen LogP contribution is 2.24. The minimum Gasteiger partial charge on any atom is -0.445 e. The van der Waals surface area contributed by atoms with Gasteiger partial charge < -0.3 is 14.7 Å². The third kappa shape index (κ3) is 4.15. The molecule has 1 fully saturated rings. The number of carbonyl (C=O) groups excluding carboxylic acids is 2. The van der Waals surface area contributed by atoms with Crippen molar-refractivity contribution in [2.45, 2.75) is 25.2 Å². The number of likely N-dealkylation sites (tertiary alicyclic amines) is 1. The summed E-state index contributed by atoms with van der Waals surface area (Å²) in [6.45, 7) is 0.774. The van der Waals surface area contributed by atoms with Gasteiger partial charge in [0.2, 0.25) is 6.41 Å². The van der Waals surface area contributed by atoms with E-state index in [9.17, 15) is 14.7 Å². The topological polar surface area (TPSA) is 83.0 Å². The second kappa shape index (κ2) is 8.09. The molecule has 2 atom stereocenters. The minimum absolute atomic E-state index is 0.188. The van der Waals surface area contributed by atoms with Crippen molar-refractivity contribution in [1.29, 1.82) is 0 Å². The maximum absolute atomic E-state index is 12.3. The van der Waals surface area contributed by atoms with Crippen LogP contribution in [0, 0.1) is 0 Å². The van der Waals surface area contributed by atoms with E-state index in [2.05, 4.69) is 4.98 Å². The molecule has 25 heavy (non-hydrogen) atoms. The lowest BCUT2D eigenvalue weighted by atomic mass is 10.0. The highest BCUT2D eigenvalue weighted by molar-refractivity contribution is 7.13. The first kappa shape index (κ1) is 17.4. The average Bonchev–Trinajstić information content (AvgIpc) is 3.17. The lowest BCUT2D eigenvalue weighted by Crippen LogP contribution is -2.56. The number of benzene rings is 1. The van der Waals surface area contributed by atoms with Crippen molar-refractivity contribution in [3.05, 3.63) is 47.5 Å². The van der Waals surface area contributed by atoms with Crippen LogP contribution in [0.25, 0.3) is 0 Å². The van der Waals surface area contributed by atoms with Crippen LogP contribution in [0.15, 0.2) is 41.9 Å². The SMILES string of the molecule is O=CN(c1nccs1)C1CN(C(=O)OCc2ccccc2)CCC1O. The monoisotopic (exact) mass is 361 g/mol. The van der Waals surface area contributed by atoms with E-state index in [-0.39, 0.29) is 13.2 Å². The van der Waals surface area contributed by atoms with Crippen LogP contribution < -0.4 is 4.90 Å². The van der Waals surface area contributed by atoms with Gasteiger partial charge in [-0.05, 0) is 12.0 Å². The first-order chi connectivity index (χ1) is 12.2. The molecular formula is C17H19N3O4S. The van der Waals surface area contributed by atoms with Crippen LogP contribution in [0.5, 0.6) is 0 Å². The second-order valence-electron chi connectivity index (χ2n) is 5.74. The maximum Gasteiger partial charge on any atom is 0.410 e. The van der Waals surface area contributed by atoms with E-state index in [1.807, 2.05) is 30.3 Å². The zero-order valence-electron chi connectivity index (χ0n) is 13.5. The molecule has 1 aliphatic rings. The van der Waals surface area contributed by atoms with Gasteiger partial charge in [0.05, 0.1) is 12.1 Å². The van der Waals surface area contributed by atoms with Gasteiger partial charge in [0.1, 0.15) is 6.61 Å². The number of ether oxygens (including phenoxy) is 1. The number of aromatic nitrogens is 1. The average molecular weight is 361 g/mol. The molecule has 1 aromatic carbocycles. The van der Waals surface area contributed by atoms with E-state index in [1.54, 1.807) is 11.6 Å². The number of thiazole rings is 1. The molecule has 1 aliphatic heterocycles. The Morgan fingerprint density at radius 3 is 2.92 bits per heavy atom. The molecule has 1 aromatic heterocycles. The number of hydrogen-bond acceptors (Lipinski definition) is 6. The molecule has 2 unspecified atom stereocenters. The van der Waals surface area contributed by atoms with Crippen molar-refractivity contribution < 1.29 is 19.4 Å². The van der Waals surface area contributed by atoms with Crippen LogP contribution in [0.4, 0.5) is 9.93 Å². The number of aliphatic hydroxyl groups is 1. The van der Waals surface area contributed by atoms with Crippen LogP contribution >= 0.6 is 11.3 Å². The van der Waals surface area contributed by atoms with Crippen LogP contribution in [-0.2, 0) is 16.1 Å². The predicted molar refractivity (Wildman–Crippen MR) is 93.3 cm³/mol. The van der Waals surface area contributed by atoms with Crippen LogP contribution in [0.2, 0.25) is 0 Å². The Morgan fingerprint density at radius 2 is 2.24 bits per heavy atom. The summed E-state index contributed by atoms with van der Waals surface area (Å²) >= 11 is 1.31. The molecule has 2 amide bonds. The largest absolute Gasteiger partial charge is 0.445 e. The second-order valence-corrected chi connectivity index (χ2v) is 6.61. The standard InChI is InChI=1S/C17H19N3O4S/c21-12-20(16-18-7-9-25-16)14-10-19(8-6-15(14)22)17(23)24-11-13-4-2-1-3-5-13/h1-5,7,9,12,14-15,22H,6,8,10-11H2. The van der Waals surface area contributed by atoms with Gasteiger partial charge in [0, 0.05) is 24.7 Å². The van der Waals surface area contributed by atoms with Gasteiger partial charge in [-0.25, -0.2) is 9.78 Å². The molecule has 1 N–H and O–H groups in total. The number of nitrogens with zero attached hydrogens (tertiary/aromatic N) is 3. The van der Waals surface area contributed by atoms with Crippen molar-refractivity contribution in [3.63, 3.8) is 0 Å². The Kier molecular flexibility index (Phi) is 5.62. The van der Waals surface area contributed by atoms with Crippen LogP contribution in [0.1, 0.15) is 12.0 Å². The van der Waals surface area contributed by atoms with Crippen LogP contribution in [0.3, 0.4) is 0 Å². The molecule has 1 saturated heterocycles. The van der Waals surface area contributed by atoms with E-state index < -0.39 is 18.2 Å². The molecule has 0 bridgehead atoms. The first-order valence-corrected chi connectivity index (χ1v) is 8.84. The lowest BCUT2D eigenvalue weighted by molar-refractivity contribution is -0.108. The third-order valence-electron chi connectivity index (χ3n) is 4.12. The summed E-state index contributed by atoms with van der Waals surface area (Å²) in [4.78, 5) is 30.8. The predicted octanol–water partition coefficient (Wildman–Crippen LogP) is 1.88. The third-order valence-corrected chi connectivity index (χ3v) is 4.91. The molecular weight excluding hydrogens is 342 g/mol. The van der Waals surface area contributed by atoms with E-state index in [4.69, 9.17) is 4.74 Å². The molecule has 7 nitrogen and oxygen atoms in total. The lowest BCUT2D eigenvalue weighted by Gasteiger charge is -2.39. The number of carbonyl (C=O) groups is 2. The van der Waals surface area contributed by atoms with E-state index in [0.717, 1.165) is 5.56 Å². The maximum atomic E-state index is 12.3. The number of anilines is 1.